The summed E-state index contributed by atoms with van der Waals surface area (Å²) in [5.41, 5.74) is 1.35. The van der Waals surface area contributed by atoms with E-state index in [0.29, 0.717) is 24.1 Å². The number of carbonyl (C=O) groups excluding carboxylic acids is 1. The summed E-state index contributed by atoms with van der Waals surface area (Å²) in [6.07, 6.45) is 1.47. The normalized spacial score (nSPS) is 12.5. The number of hydrogen-bond acceptors (Lipinski definition) is 6. The lowest BCUT2D eigenvalue weighted by Gasteiger charge is -2.20. The van der Waals surface area contributed by atoms with Gasteiger partial charge in [0.2, 0.25) is 0 Å². The van der Waals surface area contributed by atoms with Crippen LogP contribution in [0.5, 0.6) is 5.75 Å². The number of thioether (sulfide) groups is 1. The van der Waals surface area contributed by atoms with Crippen LogP contribution in [0.25, 0.3) is 0 Å². The maximum Gasteiger partial charge on any atom is 0.316 e. The summed E-state index contributed by atoms with van der Waals surface area (Å²) in [4.78, 5) is 11.6. The van der Waals surface area contributed by atoms with Crippen molar-refractivity contribution in [3.63, 3.8) is 0 Å². The molecule has 1 atom stereocenters. The molecule has 0 fully saturated rings. The molecule has 0 amide bonds. The van der Waals surface area contributed by atoms with Gasteiger partial charge in [0, 0.05) is 6.54 Å². The van der Waals surface area contributed by atoms with Crippen molar-refractivity contribution in [3.05, 3.63) is 48.3 Å². The molecule has 0 N–H and O–H groups in total. The first-order chi connectivity index (χ1) is 13.3. The van der Waals surface area contributed by atoms with E-state index in [2.05, 4.69) is 49.7 Å². The lowest BCUT2D eigenvalue weighted by atomic mass is 9.87. The van der Waals surface area contributed by atoms with Crippen molar-refractivity contribution < 1.29 is 14.3 Å². The third-order valence-corrected chi connectivity index (χ3v) is 5.02. The van der Waals surface area contributed by atoms with E-state index in [0.717, 1.165) is 5.75 Å². The third kappa shape index (κ3) is 5.86. The average Bonchev–Trinajstić information content (AvgIpc) is 3.03. The molecule has 1 unspecified atom stereocenters. The van der Waals surface area contributed by atoms with Crippen molar-refractivity contribution in [2.75, 3.05) is 12.4 Å². The topological polar surface area (TPSA) is 66.2 Å². The van der Waals surface area contributed by atoms with E-state index in [9.17, 15) is 4.79 Å². The smallest absolute Gasteiger partial charge is 0.316 e. The molecule has 1 aromatic carbocycles. The molecule has 152 valence electrons. The van der Waals surface area contributed by atoms with Crippen LogP contribution in [0.15, 0.2) is 42.1 Å². The van der Waals surface area contributed by atoms with Crippen molar-refractivity contribution in [1.82, 2.24) is 14.8 Å². The molecule has 0 saturated carbocycles. The van der Waals surface area contributed by atoms with E-state index in [1.54, 1.807) is 13.0 Å². The van der Waals surface area contributed by atoms with Gasteiger partial charge in [-0.1, -0.05) is 50.7 Å². The summed E-state index contributed by atoms with van der Waals surface area (Å²) in [7, 11) is 0. The van der Waals surface area contributed by atoms with Crippen LogP contribution in [0, 0.1) is 0 Å². The van der Waals surface area contributed by atoms with Gasteiger partial charge < -0.3 is 9.47 Å². The highest BCUT2D eigenvalue weighted by molar-refractivity contribution is 7.99. The van der Waals surface area contributed by atoms with Gasteiger partial charge in [0.1, 0.15) is 5.75 Å². The molecule has 6 nitrogen and oxygen atoms in total. The van der Waals surface area contributed by atoms with Crippen LogP contribution in [-0.2, 0) is 21.5 Å². The van der Waals surface area contributed by atoms with Crippen LogP contribution in [0.1, 0.15) is 52.1 Å². The van der Waals surface area contributed by atoms with Crippen LogP contribution < -0.4 is 4.74 Å². The van der Waals surface area contributed by atoms with E-state index >= 15 is 0 Å². The fourth-order valence-corrected chi connectivity index (χ4v) is 3.38. The lowest BCUT2D eigenvalue weighted by molar-refractivity contribution is -0.139. The number of carbonyl (C=O) groups is 1. The molecule has 2 rings (SSSR count). The van der Waals surface area contributed by atoms with E-state index in [-0.39, 0.29) is 23.2 Å². The van der Waals surface area contributed by atoms with Crippen molar-refractivity contribution in [2.45, 2.75) is 57.8 Å². The van der Waals surface area contributed by atoms with E-state index in [4.69, 9.17) is 9.47 Å². The van der Waals surface area contributed by atoms with Crippen LogP contribution in [0.2, 0.25) is 0 Å². The standard InChI is InChI=1S/C21H29N3O3S/c1-7-13-24-19(22-23-20(24)28-14-18(25)26-8-2)15(3)27-17-11-9-16(10-12-17)21(4,5)6/h7,9-12,15H,1,8,13-14H2,2-6H3. The lowest BCUT2D eigenvalue weighted by Crippen LogP contribution is -2.13. The molecule has 1 heterocycles. The minimum absolute atomic E-state index is 0.0966. The first-order valence-electron chi connectivity index (χ1n) is 9.35. The van der Waals surface area contributed by atoms with Gasteiger partial charge in [-0.15, -0.1) is 16.8 Å². The van der Waals surface area contributed by atoms with Crippen molar-refractivity contribution >= 4 is 17.7 Å². The average molecular weight is 404 g/mol. The molecule has 0 aliphatic carbocycles. The maximum absolute atomic E-state index is 11.6. The number of benzene rings is 1. The van der Waals surface area contributed by atoms with Crippen LogP contribution >= 0.6 is 11.8 Å². The van der Waals surface area contributed by atoms with Crippen molar-refractivity contribution in [1.29, 1.82) is 0 Å². The summed E-state index contributed by atoms with van der Waals surface area (Å²) < 4.78 is 12.9. The number of allylic oxidation sites excluding steroid dienone is 1. The summed E-state index contributed by atoms with van der Waals surface area (Å²) in [5.74, 6) is 1.37. The Labute approximate surface area is 171 Å². The fraction of sp³-hybridized carbons (Fsp3) is 0.476. The van der Waals surface area contributed by atoms with Gasteiger partial charge >= 0.3 is 5.97 Å². The molecular weight excluding hydrogens is 374 g/mol. The monoisotopic (exact) mass is 403 g/mol. The predicted molar refractivity (Wildman–Crippen MR) is 112 cm³/mol. The Morgan fingerprint density at radius 1 is 1.29 bits per heavy atom. The summed E-state index contributed by atoms with van der Waals surface area (Å²) in [6, 6.07) is 8.11. The zero-order valence-electron chi connectivity index (χ0n) is 17.3. The first kappa shape index (κ1) is 22.0. The second kappa shape index (κ2) is 9.78. The highest BCUT2D eigenvalue weighted by atomic mass is 32.2. The second-order valence-corrected chi connectivity index (χ2v) is 8.31. The van der Waals surface area contributed by atoms with Crippen molar-refractivity contribution in [2.24, 2.45) is 0 Å². The molecule has 0 spiro atoms. The molecular formula is C21H29N3O3S. The van der Waals surface area contributed by atoms with Gasteiger partial charge in [0.05, 0.1) is 12.4 Å². The number of aromatic nitrogens is 3. The van der Waals surface area contributed by atoms with Crippen LogP contribution in [0.4, 0.5) is 0 Å². The van der Waals surface area contributed by atoms with Crippen LogP contribution in [0.3, 0.4) is 0 Å². The molecule has 7 heteroatoms. The molecule has 2 aromatic rings. The van der Waals surface area contributed by atoms with Gasteiger partial charge in [-0.25, -0.2) is 0 Å². The largest absolute Gasteiger partial charge is 0.483 e. The van der Waals surface area contributed by atoms with Crippen LogP contribution in [-0.4, -0.2) is 33.1 Å². The quantitative estimate of drug-likeness (QED) is 0.347. The first-order valence-corrected chi connectivity index (χ1v) is 10.3. The second-order valence-electron chi connectivity index (χ2n) is 7.37. The fourth-order valence-electron chi connectivity index (χ4n) is 2.62. The molecule has 0 aliphatic rings. The third-order valence-electron chi connectivity index (χ3n) is 4.08. The van der Waals surface area contributed by atoms with E-state index in [1.807, 2.05) is 23.6 Å². The van der Waals surface area contributed by atoms with E-state index < -0.39 is 0 Å². The molecule has 0 radical (unpaired) electrons. The SMILES string of the molecule is C=CCn1c(SCC(=O)OCC)nnc1C(C)Oc1ccc(C(C)(C)C)cc1. The summed E-state index contributed by atoms with van der Waals surface area (Å²) >= 11 is 1.30. The zero-order valence-corrected chi connectivity index (χ0v) is 18.1. The maximum atomic E-state index is 11.6. The molecule has 0 aliphatic heterocycles. The minimum atomic E-state index is -0.301. The Morgan fingerprint density at radius 2 is 1.96 bits per heavy atom. The number of hydrogen-bond donors (Lipinski definition) is 0. The van der Waals surface area contributed by atoms with Crippen molar-refractivity contribution in [3.8, 4) is 5.75 Å². The number of esters is 1. The Hall–Kier alpha value is -2.28. The van der Waals surface area contributed by atoms with Gasteiger partial charge in [0.25, 0.3) is 0 Å². The Morgan fingerprint density at radius 3 is 2.54 bits per heavy atom. The Balaban J connectivity index is 2.12. The molecule has 0 bridgehead atoms. The minimum Gasteiger partial charge on any atom is -0.483 e. The Bertz CT molecular complexity index is 794. The number of nitrogens with zero attached hydrogens (tertiary/aromatic N) is 3. The zero-order chi connectivity index (χ0) is 20.7. The number of rotatable bonds is 9. The van der Waals surface area contributed by atoms with E-state index in [1.165, 1.54) is 17.3 Å². The molecule has 1 aromatic heterocycles. The number of ether oxygens (including phenoxy) is 2. The highest BCUT2D eigenvalue weighted by Crippen LogP contribution is 2.28. The van der Waals surface area contributed by atoms with Gasteiger partial charge in [-0.05, 0) is 37.0 Å². The predicted octanol–water partition coefficient (Wildman–Crippen LogP) is 4.56. The molecule has 28 heavy (non-hydrogen) atoms. The summed E-state index contributed by atoms with van der Waals surface area (Å²) in [5, 5.41) is 9.14. The Kier molecular flexibility index (Phi) is 7.69. The highest BCUT2D eigenvalue weighted by Gasteiger charge is 2.20. The van der Waals surface area contributed by atoms with Gasteiger partial charge in [-0.3, -0.25) is 9.36 Å². The van der Waals surface area contributed by atoms with Gasteiger partial charge in [-0.2, -0.15) is 0 Å². The van der Waals surface area contributed by atoms with Gasteiger partial charge in [0.15, 0.2) is 17.1 Å². The molecule has 0 saturated heterocycles. The summed E-state index contributed by atoms with van der Waals surface area (Å²) in [6.45, 7) is 15.0.